The number of aromatic nitrogens is 1. The molecule has 2 heterocycles. The Morgan fingerprint density at radius 1 is 1.32 bits per heavy atom. The highest BCUT2D eigenvalue weighted by molar-refractivity contribution is 7.88. The predicted octanol–water partition coefficient (Wildman–Crippen LogP) is 1.45. The third-order valence-electron chi connectivity index (χ3n) is 5.87. The molecule has 2 N–H and O–H groups in total. The Balaban J connectivity index is 1.97. The molecule has 3 atom stereocenters. The number of pyridine rings is 1. The standard InChI is InChI=1S/C23H30N4O6S/c1-15-12-27(16(2)14-28)23(30)19-11-18(25-22(29)17-7-9-24-10-8-17)5-6-20(19)33-21(15)13-26(3)34(4,31)32/h5-11,15-16,21,28H,12-14H2,1-4H3,(H,25,29). The van der Waals surface area contributed by atoms with Crippen LogP contribution in [0.15, 0.2) is 42.7 Å². The number of amides is 2. The summed E-state index contributed by atoms with van der Waals surface area (Å²) in [6.07, 6.45) is 3.60. The quantitative estimate of drug-likeness (QED) is 0.601. The van der Waals surface area contributed by atoms with Gasteiger partial charge in [0.05, 0.1) is 31.0 Å². The fraction of sp³-hybridized carbons (Fsp3) is 0.435. The van der Waals surface area contributed by atoms with E-state index in [0.717, 1.165) is 6.26 Å². The van der Waals surface area contributed by atoms with Crippen LogP contribution in [0.4, 0.5) is 5.69 Å². The monoisotopic (exact) mass is 490 g/mol. The summed E-state index contributed by atoms with van der Waals surface area (Å²) in [4.78, 5) is 31.4. The highest BCUT2D eigenvalue weighted by atomic mass is 32.2. The molecule has 1 aromatic heterocycles. The van der Waals surface area contributed by atoms with Crippen LogP contribution < -0.4 is 10.1 Å². The summed E-state index contributed by atoms with van der Waals surface area (Å²) in [6, 6.07) is 7.42. The van der Waals surface area contributed by atoms with Gasteiger partial charge in [-0.1, -0.05) is 6.92 Å². The molecule has 184 valence electrons. The van der Waals surface area contributed by atoms with Gasteiger partial charge in [-0.2, -0.15) is 0 Å². The molecule has 2 aromatic rings. The van der Waals surface area contributed by atoms with Crippen molar-refractivity contribution < 1.29 is 27.9 Å². The van der Waals surface area contributed by atoms with Crippen LogP contribution in [-0.2, 0) is 10.0 Å². The summed E-state index contributed by atoms with van der Waals surface area (Å²) in [5, 5.41) is 12.5. The second kappa shape index (κ2) is 10.5. The number of likely N-dealkylation sites (N-methyl/N-ethyl adjacent to an activating group) is 1. The molecule has 0 saturated carbocycles. The fourth-order valence-corrected chi connectivity index (χ4v) is 4.03. The lowest BCUT2D eigenvalue weighted by molar-refractivity contribution is 0.0387. The van der Waals surface area contributed by atoms with E-state index in [2.05, 4.69) is 10.3 Å². The zero-order valence-electron chi connectivity index (χ0n) is 19.6. The molecular formula is C23H30N4O6S. The first-order valence-corrected chi connectivity index (χ1v) is 12.7. The van der Waals surface area contributed by atoms with E-state index in [1.165, 1.54) is 29.8 Å². The van der Waals surface area contributed by atoms with Gasteiger partial charge in [-0.05, 0) is 37.3 Å². The van der Waals surface area contributed by atoms with Crippen molar-refractivity contribution >= 4 is 27.5 Å². The molecule has 0 fully saturated rings. The van der Waals surface area contributed by atoms with E-state index in [4.69, 9.17) is 4.74 Å². The lowest BCUT2D eigenvalue weighted by Gasteiger charge is -2.38. The summed E-state index contributed by atoms with van der Waals surface area (Å²) in [5.41, 5.74) is 1.02. The van der Waals surface area contributed by atoms with E-state index in [1.807, 2.05) is 6.92 Å². The van der Waals surface area contributed by atoms with Crippen LogP contribution in [0.2, 0.25) is 0 Å². The average molecular weight is 491 g/mol. The number of carbonyl (C=O) groups is 2. The summed E-state index contributed by atoms with van der Waals surface area (Å²) < 4.78 is 31.3. The fourth-order valence-electron chi connectivity index (χ4n) is 3.61. The van der Waals surface area contributed by atoms with Gasteiger partial charge in [-0.15, -0.1) is 0 Å². The number of benzene rings is 1. The van der Waals surface area contributed by atoms with Crippen molar-refractivity contribution in [1.82, 2.24) is 14.2 Å². The number of nitrogens with zero attached hydrogens (tertiary/aromatic N) is 3. The van der Waals surface area contributed by atoms with Gasteiger partial charge in [0.2, 0.25) is 10.0 Å². The van der Waals surface area contributed by atoms with Gasteiger partial charge in [-0.3, -0.25) is 14.6 Å². The van der Waals surface area contributed by atoms with E-state index < -0.39 is 22.2 Å². The van der Waals surface area contributed by atoms with Gasteiger partial charge >= 0.3 is 0 Å². The highest BCUT2D eigenvalue weighted by Gasteiger charge is 2.34. The number of ether oxygens (including phenoxy) is 1. The molecule has 34 heavy (non-hydrogen) atoms. The van der Waals surface area contributed by atoms with Crippen molar-refractivity contribution in [2.45, 2.75) is 26.0 Å². The summed E-state index contributed by atoms with van der Waals surface area (Å²) in [7, 11) is -1.96. The molecule has 2 amide bonds. The second-order valence-electron chi connectivity index (χ2n) is 8.57. The van der Waals surface area contributed by atoms with Crippen LogP contribution in [-0.4, -0.2) is 84.7 Å². The second-order valence-corrected chi connectivity index (χ2v) is 10.7. The maximum atomic E-state index is 13.4. The van der Waals surface area contributed by atoms with Gasteiger partial charge < -0.3 is 20.1 Å². The van der Waals surface area contributed by atoms with Gasteiger partial charge in [0, 0.05) is 43.2 Å². The van der Waals surface area contributed by atoms with E-state index in [-0.39, 0.29) is 48.7 Å². The number of aliphatic hydroxyl groups excluding tert-OH is 1. The van der Waals surface area contributed by atoms with Gasteiger partial charge in [0.25, 0.3) is 11.8 Å². The Bertz CT molecular complexity index is 1140. The van der Waals surface area contributed by atoms with Crippen molar-refractivity contribution in [2.75, 3.05) is 38.3 Å². The molecule has 0 spiro atoms. The average Bonchev–Trinajstić information content (AvgIpc) is 2.81. The van der Waals surface area contributed by atoms with E-state index in [0.29, 0.717) is 11.3 Å². The number of fused-ring (bicyclic) bond motifs is 1. The minimum absolute atomic E-state index is 0.0928. The first kappa shape index (κ1) is 25.6. The Morgan fingerprint density at radius 2 is 2.00 bits per heavy atom. The minimum Gasteiger partial charge on any atom is -0.488 e. The maximum Gasteiger partial charge on any atom is 0.258 e. The molecule has 0 saturated heterocycles. The van der Waals surface area contributed by atoms with Gasteiger partial charge in [-0.25, -0.2) is 12.7 Å². The molecule has 3 rings (SSSR count). The molecule has 0 aliphatic carbocycles. The highest BCUT2D eigenvalue weighted by Crippen LogP contribution is 2.31. The molecule has 3 unspecified atom stereocenters. The smallest absolute Gasteiger partial charge is 0.258 e. The topological polar surface area (TPSA) is 129 Å². The number of hydrogen-bond donors (Lipinski definition) is 2. The van der Waals surface area contributed by atoms with Crippen LogP contribution in [0, 0.1) is 5.92 Å². The van der Waals surface area contributed by atoms with Crippen molar-refractivity contribution in [3.63, 3.8) is 0 Å². The number of anilines is 1. The first-order chi connectivity index (χ1) is 16.0. The zero-order valence-corrected chi connectivity index (χ0v) is 20.4. The minimum atomic E-state index is -3.44. The summed E-state index contributed by atoms with van der Waals surface area (Å²) in [6.45, 7) is 3.73. The van der Waals surface area contributed by atoms with Crippen LogP contribution >= 0.6 is 0 Å². The number of nitrogens with one attached hydrogen (secondary N) is 1. The lowest BCUT2D eigenvalue weighted by Crippen LogP contribution is -2.50. The number of aliphatic hydroxyl groups is 1. The maximum absolute atomic E-state index is 13.4. The molecule has 1 aromatic carbocycles. The number of hydrogen-bond acceptors (Lipinski definition) is 7. The number of carbonyl (C=O) groups excluding carboxylic acids is 2. The third-order valence-corrected chi connectivity index (χ3v) is 7.15. The molecule has 0 radical (unpaired) electrons. The van der Waals surface area contributed by atoms with Crippen LogP contribution in [0.25, 0.3) is 0 Å². The Hall–Kier alpha value is -3.02. The Kier molecular flexibility index (Phi) is 7.90. The van der Waals surface area contributed by atoms with E-state index in [9.17, 15) is 23.1 Å². The molecule has 1 aliphatic heterocycles. The largest absolute Gasteiger partial charge is 0.488 e. The van der Waals surface area contributed by atoms with Crippen molar-refractivity contribution in [3.05, 3.63) is 53.9 Å². The Morgan fingerprint density at radius 3 is 2.62 bits per heavy atom. The zero-order chi connectivity index (χ0) is 25.0. The van der Waals surface area contributed by atoms with Crippen LogP contribution in [0.3, 0.4) is 0 Å². The summed E-state index contributed by atoms with van der Waals surface area (Å²) in [5.74, 6) is -0.649. The lowest BCUT2D eigenvalue weighted by atomic mass is 9.99. The molecule has 11 heteroatoms. The number of rotatable bonds is 7. The molecule has 10 nitrogen and oxygen atoms in total. The molecule has 1 aliphatic rings. The molecular weight excluding hydrogens is 460 g/mol. The van der Waals surface area contributed by atoms with Crippen LogP contribution in [0.5, 0.6) is 5.75 Å². The van der Waals surface area contributed by atoms with Gasteiger partial charge in [0.1, 0.15) is 11.9 Å². The van der Waals surface area contributed by atoms with Crippen molar-refractivity contribution in [1.29, 1.82) is 0 Å². The van der Waals surface area contributed by atoms with Crippen LogP contribution in [0.1, 0.15) is 34.6 Å². The predicted molar refractivity (Wildman–Crippen MR) is 127 cm³/mol. The van der Waals surface area contributed by atoms with E-state index in [1.54, 1.807) is 36.1 Å². The third kappa shape index (κ3) is 5.91. The Labute approximate surface area is 199 Å². The normalized spacial score (nSPS) is 19.6. The van der Waals surface area contributed by atoms with Crippen molar-refractivity contribution in [3.8, 4) is 5.75 Å². The first-order valence-electron chi connectivity index (χ1n) is 10.9. The number of sulfonamides is 1. The van der Waals surface area contributed by atoms with E-state index >= 15 is 0 Å². The molecule has 0 bridgehead atoms. The van der Waals surface area contributed by atoms with Gasteiger partial charge in [0.15, 0.2) is 0 Å². The SMILES string of the molecule is CC1CN(C(C)CO)C(=O)c2cc(NC(=O)c3ccncc3)ccc2OC1CN(C)S(C)(=O)=O. The van der Waals surface area contributed by atoms with Crippen molar-refractivity contribution in [2.24, 2.45) is 5.92 Å². The summed E-state index contributed by atoms with van der Waals surface area (Å²) >= 11 is 0.